The molecule has 0 fully saturated rings. The maximum atomic E-state index is 11.5. The van der Waals surface area contributed by atoms with Crippen LogP contribution in [0.3, 0.4) is 0 Å². The Balaban J connectivity index is 3.42. The Hall–Kier alpha value is -0.470. The highest BCUT2D eigenvalue weighted by molar-refractivity contribution is 8.16. The van der Waals surface area contributed by atoms with Gasteiger partial charge in [-0.1, -0.05) is 29.3 Å². The van der Waals surface area contributed by atoms with E-state index in [2.05, 4.69) is 6.07 Å². The molecule has 1 aromatic rings. The normalized spacial score (nSPS) is 13.8. The summed E-state index contributed by atoms with van der Waals surface area (Å²) in [5.74, 6) is 0. The summed E-state index contributed by atoms with van der Waals surface area (Å²) >= 11 is 13.0. The minimum absolute atomic E-state index is 0.372. The topological polar surface area (TPSA) is 40.9 Å². The van der Waals surface area contributed by atoms with Crippen LogP contribution in [0.1, 0.15) is 5.56 Å². The predicted molar refractivity (Wildman–Crippen MR) is 76.6 cm³/mol. The highest BCUT2D eigenvalue weighted by Gasteiger charge is 2.13. The molecular formula is C11H9Cl2NOS2. The quantitative estimate of drug-likeness (QED) is 0.795. The van der Waals surface area contributed by atoms with Crippen molar-refractivity contribution in [2.24, 2.45) is 0 Å². The highest BCUT2D eigenvalue weighted by atomic mass is 35.5. The van der Waals surface area contributed by atoms with E-state index in [0.717, 1.165) is 0 Å². The van der Waals surface area contributed by atoms with Crippen molar-refractivity contribution in [3.63, 3.8) is 0 Å². The van der Waals surface area contributed by atoms with Crippen molar-refractivity contribution in [3.05, 3.63) is 38.0 Å². The van der Waals surface area contributed by atoms with Crippen LogP contribution < -0.4 is 0 Å². The van der Waals surface area contributed by atoms with E-state index >= 15 is 0 Å². The maximum Gasteiger partial charge on any atom is 0.102 e. The second-order valence-corrected chi connectivity index (χ2v) is 6.27. The van der Waals surface area contributed by atoms with Crippen LogP contribution in [0.25, 0.3) is 5.57 Å². The standard InChI is InChI=1S/C11H9Cl2NOS2/c1-16-11(17(2)15)8(6-14)7-3-4-9(12)10(13)5-7/h3-5H,1-2H3. The molecule has 0 N–H and O–H groups in total. The van der Waals surface area contributed by atoms with Gasteiger partial charge in [0.15, 0.2) is 0 Å². The largest absolute Gasteiger partial charge is 0.254 e. The van der Waals surface area contributed by atoms with E-state index in [-0.39, 0.29) is 0 Å². The highest BCUT2D eigenvalue weighted by Crippen LogP contribution is 2.31. The summed E-state index contributed by atoms with van der Waals surface area (Å²) in [5.41, 5.74) is 0.998. The van der Waals surface area contributed by atoms with Gasteiger partial charge >= 0.3 is 0 Å². The van der Waals surface area contributed by atoms with Gasteiger partial charge in [0, 0.05) is 6.26 Å². The van der Waals surface area contributed by atoms with Crippen LogP contribution in [-0.2, 0) is 10.8 Å². The Bertz CT molecular complexity index is 535. The lowest BCUT2D eigenvalue weighted by Crippen LogP contribution is -1.93. The molecule has 1 rings (SSSR count). The fourth-order valence-electron chi connectivity index (χ4n) is 1.24. The number of allylic oxidation sites excluding steroid dienone is 1. The molecule has 0 bridgehead atoms. The molecule has 1 atom stereocenters. The number of benzene rings is 1. The monoisotopic (exact) mass is 305 g/mol. The molecule has 0 amide bonds. The molecule has 0 spiro atoms. The number of hydrogen-bond donors (Lipinski definition) is 0. The van der Waals surface area contributed by atoms with Gasteiger partial charge in [0.05, 0.1) is 30.7 Å². The molecule has 1 aromatic carbocycles. The van der Waals surface area contributed by atoms with E-state index in [1.54, 1.807) is 30.7 Å². The van der Waals surface area contributed by atoms with Gasteiger partial charge < -0.3 is 0 Å². The van der Waals surface area contributed by atoms with E-state index in [4.69, 9.17) is 28.5 Å². The third-order valence-corrected chi connectivity index (χ3v) is 5.22. The SMILES string of the molecule is CSC(=C(C#N)c1ccc(Cl)c(Cl)c1)S(C)=O. The molecule has 2 nitrogen and oxygen atoms in total. The van der Waals surface area contributed by atoms with Crippen LogP contribution in [0.5, 0.6) is 0 Å². The van der Waals surface area contributed by atoms with Crippen LogP contribution in [0.4, 0.5) is 0 Å². The molecule has 17 heavy (non-hydrogen) atoms. The number of thioether (sulfide) groups is 1. The Kier molecular flexibility index (Phi) is 5.54. The van der Waals surface area contributed by atoms with Crippen molar-refractivity contribution < 1.29 is 4.21 Å². The average molecular weight is 306 g/mol. The Morgan fingerprint density at radius 2 is 2.06 bits per heavy atom. The molecule has 0 saturated heterocycles. The summed E-state index contributed by atoms with van der Waals surface area (Å²) in [4.78, 5) is 0. The van der Waals surface area contributed by atoms with Gasteiger partial charge in [-0.25, -0.2) is 0 Å². The average Bonchev–Trinajstić information content (AvgIpc) is 2.29. The van der Waals surface area contributed by atoms with Crippen LogP contribution in [-0.4, -0.2) is 16.7 Å². The zero-order chi connectivity index (χ0) is 13.0. The fraction of sp³-hybridized carbons (Fsp3) is 0.182. The molecule has 0 radical (unpaired) electrons. The Labute approximate surface area is 117 Å². The second-order valence-electron chi connectivity index (χ2n) is 3.06. The molecular weight excluding hydrogens is 297 g/mol. The molecule has 1 unspecified atom stereocenters. The minimum Gasteiger partial charge on any atom is -0.254 e. The zero-order valence-electron chi connectivity index (χ0n) is 9.16. The first kappa shape index (κ1) is 14.6. The third kappa shape index (κ3) is 3.49. The molecule has 0 aliphatic carbocycles. The maximum absolute atomic E-state index is 11.5. The van der Waals surface area contributed by atoms with Crippen molar-refractivity contribution in [2.75, 3.05) is 12.5 Å². The van der Waals surface area contributed by atoms with Crippen LogP contribution >= 0.6 is 35.0 Å². The van der Waals surface area contributed by atoms with E-state index < -0.39 is 10.8 Å². The van der Waals surface area contributed by atoms with Crippen molar-refractivity contribution >= 4 is 51.3 Å². The van der Waals surface area contributed by atoms with Gasteiger partial charge in [0.2, 0.25) is 0 Å². The van der Waals surface area contributed by atoms with E-state index in [9.17, 15) is 4.21 Å². The number of nitrogens with zero attached hydrogens (tertiary/aromatic N) is 1. The number of nitriles is 1. The van der Waals surface area contributed by atoms with E-state index in [0.29, 0.717) is 25.4 Å². The Morgan fingerprint density at radius 3 is 2.47 bits per heavy atom. The van der Waals surface area contributed by atoms with E-state index in [1.165, 1.54) is 11.8 Å². The molecule has 6 heteroatoms. The van der Waals surface area contributed by atoms with Crippen LogP contribution in [0.15, 0.2) is 22.4 Å². The van der Waals surface area contributed by atoms with Gasteiger partial charge in [-0.05, 0) is 24.0 Å². The molecule has 90 valence electrons. The molecule has 0 aromatic heterocycles. The first-order valence-corrected chi connectivity index (χ1v) is 8.02. The number of halogens is 2. The molecule has 0 aliphatic heterocycles. The smallest absolute Gasteiger partial charge is 0.102 e. The summed E-state index contributed by atoms with van der Waals surface area (Å²) in [7, 11) is -1.20. The van der Waals surface area contributed by atoms with Gasteiger partial charge in [-0.2, -0.15) is 5.26 Å². The zero-order valence-corrected chi connectivity index (χ0v) is 12.3. The van der Waals surface area contributed by atoms with Gasteiger partial charge in [0.25, 0.3) is 0 Å². The number of rotatable bonds is 3. The fourth-order valence-corrected chi connectivity index (χ4v) is 3.30. The summed E-state index contributed by atoms with van der Waals surface area (Å²) in [6.07, 6.45) is 3.33. The first-order valence-electron chi connectivity index (χ1n) is 4.48. The summed E-state index contributed by atoms with van der Waals surface area (Å²) < 4.78 is 12.1. The first-order chi connectivity index (χ1) is 8.01. The van der Waals surface area contributed by atoms with Gasteiger partial charge in [0.1, 0.15) is 6.07 Å². The van der Waals surface area contributed by atoms with Crippen molar-refractivity contribution in [3.8, 4) is 6.07 Å². The lowest BCUT2D eigenvalue weighted by Gasteiger charge is -2.06. The lowest BCUT2D eigenvalue weighted by molar-refractivity contribution is 0.691. The number of hydrogen-bond acceptors (Lipinski definition) is 3. The van der Waals surface area contributed by atoms with Crippen molar-refractivity contribution in [1.29, 1.82) is 5.26 Å². The predicted octanol–water partition coefficient (Wildman–Crippen LogP) is 3.93. The summed E-state index contributed by atoms with van der Waals surface area (Å²) in [5, 5.41) is 9.96. The molecule has 0 heterocycles. The summed E-state index contributed by atoms with van der Waals surface area (Å²) in [6, 6.07) is 6.97. The third-order valence-electron chi connectivity index (χ3n) is 1.97. The van der Waals surface area contributed by atoms with Gasteiger partial charge in [-0.15, -0.1) is 11.8 Å². The summed E-state index contributed by atoms with van der Waals surface area (Å²) in [6.45, 7) is 0. The van der Waals surface area contributed by atoms with Crippen molar-refractivity contribution in [2.45, 2.75) is 0 Å². The van der Waals surface area contributed by atoms with E-state index in [1.807, 2.05) is 0 Å². The molecule has 0 saturated carbocycles. The van der Waals surface area contributed by atoms with Crippen LogP contribution in [0, 0.1) is 11.3 Å². The minimum atomic E-state index is -1.20. The second kappa shape index (κ2) is 6.46. The van der Waals surface area contributed by atoms with Crippen molar-refractivity contribution in [1.82, 2.24) is 0 Å². The van der Waals surface area contributed by atoms with Crippen LogP contribution in [0.2, 0.25) is 10.0 Å². The molecule has 0 aliphatic rings. The van der Waals surface area contributed by atoms with Gasteiger partial charge in [-0.3, -0.25) is 4.21 Å². The Morgan fingerprint density at radius 1 is 1.41 bits per heavy atom. The lowest BCUT2D eigenvalue weighted by atomic mass is 10.1.